The van der Waals surface area contributed by atoms with Crippen LogP contribution in [0.3, 0.4) is 0 Å². The summed E-state index contributed by atoms with van der Waals surface area (Å²) in [6.45, 7) is 4.02. The number of rotatable bonds is 5. The minimum Gasteiger partial charge on any atom is -0.508 e. The highest BCUT2D eigenvalue weighted by Crippen LogP contribution is 2.25. The van der Waals surface area contributed by atoms with Crippen molar-refractivity contribution in [3.8, 4) is 5.75 Å². The third kappa shape index (κ3) is 3.78. The summed E-state index contributed by atoms with van der Waals surface area (Å²) >= 11 is 1.73. The highest BCUT2D eigenvalue weighted by molar-refractivity contribution is 7.09. The molecule has 2 unspecified atom stereocenters. The van der Waals surface area contributed by atoms with E-state index in [2.05, 4.69) is 23.7 Å². The second kappa shape index (κ2) is 6.17. The molecule has 1 heterocycles. The number of phenols is 1. The van der Waals surface area contributed by atoms with Crippen molar-refractivity contribution >= 4 is 11.3 Å². The summed E-state index contributed by atoms with van der Waals surface area (Å²) in [5.74, 6) is -0.197. The van der Waals surface area contributed by atoms with E-state index in [9.17, 15) is 9.50 Å². The van der Waals surface area contributed by atoms with Crippen LogP contribution in [0.2, 0.25) is 0 Å². The first-order chi connectivity index (χ1) is 9.06. The van der Waals surface area contributed by atoms with Crippen LogP contribution in [0.4, 0.5) is 4.39 Å². The maximum Gasteiger partial charge on any atom is 0.123 e. The molecule has 1 aromatic heterocycles. The standard InChI is InChI=1S/C15H18FNOS/c1-10(8-13-4-3-7-19-13)17-11(2)14-9-12(16)5-6-15(14)18/h3-7,9-11,17-18H,8H2,1-2H3. The van der Waals surface area contributed by atoms with Gasteiger partial charge in [-0.15, -0.1) is 11.3 Å². The Morgan fingerprint density at radius 2 is 2.11 bits per heavy atom. The van der Waals surface area contributed by atoms with Gasteiger partial charge in [0.15, 0.2) is 0 Å². The molecule has 2 N–H and O–H groups in total. The predicted octanol–water partition coefficient (Wildman–Crippen LogP) is 3.87. The largest absolute Gasteiger partial charge is 0.508 e. The Bertz CT molecular complexity index is 527. The maximum atomic E-state index is 13.2. The van der Waals surface area contributed by atoms with E-state index in [0.29, 0.717) is 5.56 Å². The Hall–Kier alpha value is -1.39. The summed E-state index contributed by atoms with van der Waals surface area (Å²) in [7, 11) is 0. The summed E-state index contributed by atoms with van der Waals surface area (Å²) in [5.41, 5.74) is 0.595. The summed E-state index contributed by atoms with van der Waals surface area (Å²) < 4.78 is 13.2. The van der Waals surface area contributed by atoms with E-state index in [4.69, 9.17) is 0 Å². The highest BCUT2D eigenvalue weighted by Gasteiger charge is 2.14. The number of hydrogen-bond donors (Lipinski definition) is 2. The molecule has 0 amide bonds. The van der Waals surface area contributed by atoms with E-state index in [1.165, 1.54) is 23.1 Å². The van der Waals surface area contributed by atoms with Gasteiger partial charge >= 0.3 is 0 Å². The predicted molar refractivity (Wildman–Crippen MR) is 77.1 cm³/mol. The fourth-order valence-electron chi connectivity index (χ4n) is 2.18. The van der Waals surface area contributed by atoms with Gasteiger partial charge in [0.2, 0.25) is 0 Å². The molecule has 0 bridgehead atoms. The Morgan fingerprint density at radius 3 is 2.79 bits per heavy atom. The van der Waals surface area contributed by atoms with E-state index in [-0.39, 0.29) is 23.7 Å². The lowest BCUT2D eigenvalue weighted by Gasteiger charge is -2.20. The monoisotopic (exact) mass is 279 g/mol. The van der Waals surface area contributed by atoms with Crippen molar-refractivity contribution in [2.75, 3.05) is 0 Å². The van der Waals surface area contributed by atoms with Crippen LogP contribution in [0.15, 0.2) is 35.7 Å². The number of benzene rings is 1. The SMILES string of the molecule is CC(Cc1cccs1)NC(C)c1cc(F)ccc1O. The summed E-state index contributed by atoms with van der Waals surface area (Å²) in [6, 6.07) is 8.35. The van der Waals surface area contributed by atoms with Crippen molar-refractivity contribution < 1.29 is 9.50 Å². The van der Waals surface area contributed by atoms with Crippen LogP contribution >= 0.6 is 11.3 Å². The minimum absolute atomic E-state index is 0.0920. The summed E-state index contributed by atoms with van der Waals surface area (Å²) in [4.78, 5) is 1.32. The Labute approximate surface area is 116 Å². The third-order valence-electron chi connectivity index (χ3n) is 3.08. The minimum atomic E-state index is -0.327. The van der Waals surface area contributed by atoms with Crippen molar-refractivity contribution in [1.82, 2.24) is 5.32 Å². The lowest BCUT2D eigenvalue weighted by Crippen LogP contribution is -2.30. The van der Waals surface area contributed by atoms with Crippen molar-refractivity contribution in [3.05, 3.63) is 52.0 Å². The topological polar surface area (TPSA) is 32.3 Å². The van der Waals surface area contributed by atoms with Crippen LogP contribution in [-0.4, -0.2) is 11.1 Å². The Kier molecular flexibility index (Phi) is 4.56. The zero-order chi connectivity index (χ0) is 13.8. The summed E-state index contributed by atoms with van der Waals surface area (Å²) in [5, 5.41) is 15.2. The van der Waals surface area contributed by atoms with Gasteiger partial charge in [0.05, 0.1) is 0 Å². The molecule has 2 nitrogen and oxygen atoms in total. The molecule has 0 spiro atoms. The number of hydrogen-bond acceptors (Lipinski definition) is 3. The van der Waals surface area contributed by atoms with E-state index >= 15 is 0 Å². The van der Waals surface area contributed by atoms with Gasteiger partial charge in [-0.3, -0.25) is 0 Å². The van der Waals surface area contributed by atoms with Gasteiger partial charge in [0.1, 0.15) is 11.6 Å². The molecule has 2 atom stereocenters. The second-order valence-electron chi connectivity index (χ2n) is 4.78. The van der Waals surface area contributed by atoms with E-state index in [1.807, 2.05) is 13.0 Å². The molecule has 0 radical (unpaired) electrons. The number of phenolic OH excluding ortho intramolecular Hbond substituents is 1. The fraction of sp³-hybridized carbons (Fsp3) is 0.333. The molecule has 0 fully saturated rings. The van der Waals surface area contributed by atoms with Gasteiger partial charge in [0, 0.05) is 22.5 Å². The number of nitrogens with one attached hydrogen (secondary N) is 1. The number of thiophene rings is 1. The van der Waals surface area contributed by atoms with Crippen LogP contribution in [0.25, 0.3) is 0 Å². The summed E-state index contributed by atoms with van der Waals surface area (Å²) in [6.07, 6.45) is 0.929. The third-order valence-corrected chi connectivity index (χ3v) is 3.98. The molecule has 1 aromatic carbocycles. The first-order valence-corrected chi connectivity index (χ1v) is 7.21. The van der Waals surface area contributed by atoms with Gasteiger partial charge in [-0.25, -0.2) is 4.39 Å². The molecule has 19 heavy (non-hydrogen) atoms. The quantitative estimate of drug-likeness (QED) is 0.870. The lowest BCUT2D eigenvalue weighted by molar-refractivity contribution is 0.431. The zero-order valence-electron chi connectivity index (χ0n) is 11.1. The van der Waals surface area contributed by atoms with Gasteiger partial charge in [0.25, 0.3) is 0 Å². The van der Waals surface area contributed by atoms with Crippen molar-refractivity contribution in [1.29, 1.82) is 0 Å². The molecule has 2 rings (SSSR count). The molecular formula is C15H18FNOS. The van der Waals surface area contributed by atoms with Crippen LogP contribution in [-0.2, 0) is 6.42 Å². The van der Waals surface area contributed by atoms with Gasteiger partial charge in [-0.1, -0.05) is 6.07 Å². The smallest absolute Gasteiger partial charge is 0.123 e. The molecule has 102 valence electrons. The van der Waals surface area contributed by atoms with Crippen molar-refractivity contribution in [3.63, 3.8) is 0 Å². The van der Waals surface area contributed by atoms with Gasteiger partial charge in [-0.2, -0.15) is 0 Å². The van der Waals surface area contributed by atoms with Crippen LogP contribution in [0.5, 0.6) is 5.75 Å². The van der Waals surface area contributed by atoms with Crippen LogP contribution in [0, 0.1) is 5.82 Å². The Morgan fingerprint density at radius 1 is 1.32 bits per heavy atom. The average molecular weight is 279 g/mol. The molecule has 0 aliphatic heterocycles. The fourth-order valence-corrected chi connectivity index (χ4v) is 3.01. The molecule has 4 heteroatoms. The molecule has 0 saturated heterocycles. The average Bonchev–Trinajstić information content (AvgIpc) is 2.84. The van der Waals surface area contributed by atoms with Gasteiger partial charge < -0.3 is 10.4 Å². The first kappa shape index (κ1) is 14.0. The van der Waals surface area contributed by atoms with E-state index < -0.39 is 0 Å². The maximum absolute atomic E-state index is 13.2. The normalized spacial score (nSPS) is 14.3. The van der Waals surface area contributed by atoms with Crippen LogP contribution < -0.4 is 5.32 Å². The Balaban J connectivity index is 2.00. The van der Waals surface area contributed by atoms with E-state index in [1.54, 1.807) is 11.3 Å². The lowest BCUT2D eigenvalue weighted by atomic mass is 10.1. The molecule has 0 saturated carbocycles. The molecule has 2 aromatic rings. The number of halogens is 1. The molecular weight excluding hydrogens is 261 g/mol. The zero-order valence-corrected chi connectivity index (χ0v) is 11.9. The molecule has 0 aliphatic carbocycles. The highest BCUT2D eigenvalue weighted by atomic mass is 32.1. The molecule has 0 aliphatic rings. The number of aromatic hydroxyl groups is 1. The van der Waals surface area contributed by atoms with Crippen molar-refractivity contribution in [2.45, 2.75) is 32.4 Å². The second-order valence-corrected chi connectivity index (χ2v) is 5.81. The van der Waals surface area contributed by atoms with E-state index in [0.717, 1.165) is 6.42 Å². The van der Waals surface area contributed by atoms with Crippen molar-refractivity contribution in [2.24, 2.45) is 0 Å². The van der Waals surface area contributed by atoms with Gasteiger partial charge in [-0.05, 0) is 49.9 Å². The van der Waals surface area contributed by atoms with Crippen LogP contribution in [0.1, 0.15) is 30.3 Å². The first-order valence-electron chi connectivity index (χ1n) is 6.33.